The first-order valence-corrected chi connectivity index (χ1v) is 20.4. The monoisotopic (exact) mass is 618 g/mol. The third kappa shape index (κ3) is 33.0. The minimum absolute atomic E-state index is 0.315. The lowest BCUT2D eigenvalue weighted by atomic mass is 10.1. The summed E-state index contributed by atoms with van der Waals surface area (Å²) in [6, 6.07) is 0. The fourth-order valence-electron chi connectivity index (χ4n) is 5.70. The van der Waals surface area contributed by atoms with Gasteiger partial charge >= 0.3 is 7.82 Å². The van der Waals surface area contributed by atoms with Crippen LogP contribution in [0.25, 0.3) is 0 Å². The van der Waals surface area contributed by atoms with Gasteiger partial charge < -0.3 is 9.79 Å². The molecule has 254 valence electrons. The van der Waals surface area contributed by atoms with Crippen LogP contribution in [0.5, 0.6) is 0 Å². The Bertz CT molecular complexity index is 545. The van der Waals surface area contributed by atoms with Gasteiger partial charge in [-0.05, 0) is 51.7 Å². The normalized spacial score (nSPS) is 13.3. The molecule has 42 heavy (non-hydrogen) atoms. The Morgan fingerprint density at radius 2 is 0.643 bits per heavy atom. The van der Waals surface area contributed by atoms with E-state index in [4.69, 9.17) is 9.05 Å². The van der Waals surface area contributed by atoms with E-state index in [1.165, 1.54) is 174 Å². The van der Waals surface area contributed by atoms with Crippen molar-refractivity contribution in [1.82, 2.24) is 4.90 Å². The fraction of sp³-hybridized carbons (Fsp3) is 1.00. The molecule has 0 saturated carbocycles. The summed E-state index contributed by atoms with van der Waals surface area (Å²) in [5.74, 6) is 0. The van der Waals surface area contributed by atoms with Crippen molar-refractivity contribution >= 4 is 7.82 Å². The van der Waals surface area contributed by atoms with E-state index in [9.17, 15) is 9.46 Å². The Balaban J connectivity index is 3.85. The molecule has 1 N–H and O–H groups in total. The van der Waals surface area contributed by atoms with Crippen molar-refractivity contribution in [2.75, 3.05) is 32.8 Å². The Kier molecular flexibility index (Phi) is 34.0. The van der Waals surface area contributed by atoms with E-state index in [0.717, 1.165) is 25.7 Å². The van der Waals surface area contributed by atoms with E-state index in [0.29, 0.717) is 13.2 Å². The third-order valence-electron chi connectivity index (χ3n) is 8.53. The predicted molar refractivity (Wildman–Crippen MR) is 184 cm³/mol. The van der Waals surface area contributed by atoms with E-state index >= 15 is 0 Å². The van der Waals surface area contributed by atoms with Gasteiger partial charge in [0.25, 0.3) is 0 Å². The van der Waals surface area contributed by atoms with Crippen LogP contribution in [-0.4, -0.2) is 42.6 Å². The first-order chi connectivity index (χ1) is 20.6. The summed E-state index contributed by atoms with van der Waals surface area (Å²) in [4.78, 5) is 12.6. The van der Waals surface area contributed by atoms with Crippen LogP contribution in [0.4, 0.5) is 0 Å². The van der Waals surface area contributed by atoms with Crippen LogP contribution >= 0.6 is 7.82 Å². The molecule has 1 atom stereocenters. The molecule has 1 unspecified atom stereocenters. The van der Waals surface area contributed by atoms with Crippen LogP contribution in [0, 0.1) is 0 Å². The second-order valence-corrected chi connectivity index (χ2v) is 14.3. The summed E-state index contributed by atoms with van der Waals surface area (Å²) >= 11 is 0. The van der Waals surface area contributed by atoms with Crippen LogP contribution in [0.2, 0.25) is 0 Å². The number of hydrogen-bond donors (Lipinski definition) is 1. The van der Waals surface area contributed by atoms with Crippen LogP contribution in [-0.2, 0) is 13.6 Å². The second kappa shape index (κ2) is 34.0. The molecule has 0 rings (SSSR count). The molecule has 0 aliphatic rings. The van der Waals surface area contributed by atoms with E-state index in [1.54, 1.807) is 0 Å². The van der Waals surface area contributed by atoms with Crippen molar-refractivity contribution in [1.29, 1.82) is 0 Å². The zero-order valence-electron chi connectivity index (χ0n) is 28.9. The molecule has 0 spiro atoms. The maximum atomic E-state index is 12.1. The summed E-state index contributed by atoms with van der Waals surface area (Å²) in [7, 11) is -3.88. The van der Waals surface area contributed by atoms with Crippen molar-refractivity contribution in [2.45, 2.75) is 201 Å². The van der Waals surface area contributed by atoms with E-state index in [-0.39, 0.29) is 0 Å². The van der Waals surface area contributed by atoms with Gasteiger partial charge in [0, 0.05) is 0 Å². The molecule has 0 aliphatic carbocycles. The molecule has 0 bridgehead atoms. The highest BCUT2D eigenvalue weighted by Gasteiger charge is 2.19. The third-order valence-corrected chi connectivity index (χ3v) is 9.55. The minimum Gasteiger partial charge on any atom is -0.303 e. The van der Waals surface area contributed by atoms with Crippen LogP contribution in [0.3, 0.4) is 0 Å². The summed E-state index contributed by atoms with van der Waals surface area (Å²) in [5, 5.41) is 0. The van der Waals surface area contributed by atoms with E-state index in [2.05, 4.69) is 25.7 Å². The number of phosphoric acid groups is 1. The van der Waals surface area contributed by atoms with Gasteiger partial charge in [-0.3, -0.25) is 9.05 Å². The Labute approximate surface area is 264 Å². The Morgan fingerprint density at radius 1 is 0.405 bits per heavy atom. The highest BCUT2D eigenvalue weighted by molar-refractivity contribution is 7.47. The zero-order chi connectivity index (χ0) is 30.8. The van der Waals surface area contributed by atoms with E-state index < -0.39 is 7.82 Å². The maximum Gasteiger partial charge on any atom is 0.472 e. The van der Waals surface area contributed by atoms with E-state index in [1.807, 2.05) is 0 Å². The quantitative estimate of drug-likeness (QED) is 0.0560. The minimum atomic E-state index is -3.88. The lowest BCUT2D eigenvalue weighted by Crippen LogP contribution is -2.27. The predicted octanol–water partition coefficient (Wildman–Crippen LogP) is 12.4. The second-order valence-electron chi connectivity index (χ2n) is 12.8. The topological polar surface area (TPSA) is 59.0 Å². The number of unbranched alkanes of at least 4 members (excludes halogenated alkanes) is 24. The van der Waals surface area contributed by atoms with Crippen molar-refractivity contribution in [2.24, 2.45) is 0 Å². The molecular weight excluding hydrogens is 541 g/mol. The Hall–Kier alpha value is 0.0700. The van der Waals surface area contributed by atoms with Gasteiger partial charge in [-0.25, -0.2) is 4.57 Å². The molecule has 5 nitrogen and oxygen atoms in total. The van der Waals surface area contributed by atoms with Crippen LogP contribution in [0.15, 0.2) is 0 Å². The Morgan fingerprint density at radius 3 is 0.929 bits per heavy atom. The molecule has 0 amide bonds. The molecule has 0 fully saturated rings. The molecule has 0 aliphatic heterocycles. The van der Waals surface area contributed by atoms with Crippen molar-refractivity contribution in [3.8, 4) is 0 Å². The summed E-state index contributed by atoms with van der Waals surface area (Å²) in [5.41, 5.74) is 0. The molecule has 0 aromatic heterocycles. The lowest BCUT2D eigenvalue weighted by molar-refractivity contribution is 0.145. The number of rotatable bonds is 36. The maximum absolute atomic E-state index is 12.1. The number of hydrogen-bond acceptors (Lipinski definition) is 4. The van der Waals surface area contributed by atoms with Gasteiger partial charge in [-0.2, -0.15) is 0 Å². The van der Waals surface area contributed by atoms with Crippen molar-refractivity contribution in [3.05, 3.63) is 0 Å². The van der Waals surface area contributed by atoms with Gasteiger partial charge in [-0.15, -0.1) is 0 Å². The lowest BCUT2D eigenvalue weighted by Gasteiger charge is -2.22. The average Bonchev–Trinajstić information content (AvgIpc) is 2.98. The molecule has 6 heteroatoms. The van der Waals surface area contributed by atoms with Crippen molar-refractivity contribution < 1.29 is 18.5 Å². The number of nitrogens with zero attached hydrogens (tertiary/aromatic N) is 1. The summed E-state index contributed by atoms with van der Waals surface area (Å²) in [6.45, 7) is 11.3. The smallest absolute Gasteiger partial charge is 0.303 e. The van der Waals surface area contributed by atoms with Crippen molar-refractivity contribution in [3.63, 3.8) is 0 Å². The highest BCUT2D eigenvalue weighted by Crippen LogP contribution is 2.43. The van der Waals surface area contributed by atoms with Gasteiger partial charge in [0.05, 0.1) is 13.2 Å². The molecule has 0 saturated heterocycles. The highest BCUT2D eigenvalue weighted by atomic mass is 31.2. The van der Waals surface area contributed by atoms with Crippen LogP contribution in [0.1, 0.15) is 201 Å². The zero-order valence-corrected chi connectivity index (χ0v) is 29.8. The first kappa shape index (κ1) is 42.1. The summed E-state index contributed by atoms with van der Waals surface area (Å²) < 4.78 is 22.4. The van der Waals surface area contributed by atoms with Gasteiger partial charge in [0.15, 0.2) is 0 Å². The fourth-order valence-corrected chi connectivity index (χ4v) is 6.49. The largest absolute Gasteiger partial charge is 0.472 e. The first-order valence-electron chi connectivity index (χ1n) is 18.9. The van der Waals surface area contributed by atoms with Gasteiger partial charge in [0.1, 0.15) is 0 Å². The molecular formula is C36H76NO4P. The SMILES string of the molecule is CCCCCCCCCCOP(=O)(O)OCCCCCCCCN(CCCCCCCCC)CCCCCCCCC. The number of phosphoric ester groups is 1. The van der Waals surface area contributed by atoms with Gasteiger partial charge in [-0.1, -0.05) is 168 Å². The van der Waals surface area contributed by atoms with Gasteiger partial charge in [0.2, 0.25) is 0 Å². The molecule has 0 heterocycles. The molecule has 0 aromatic carbocycles. The molecule has 0 radical (unpaired) electrons. The summed E-state index contributed by atoms with van der Waals surface area (Å²) in [6.07, 6.45) is 35.9. The molecule has 0 aromatic rings. The van der Waals surface area contributed by atoms with Crippen LogP contribution < -0.4 is 0 Å². The average molecular weight is 618 g/mol. The standard InChI is InChI=1S/C36H76NO4P/c1-4-7-10-13-16-20-25-30-35-40-42(38,39)41-36-31-26-21-19-24-29-34-37(32-27-22-17-14-11-8-5-2)33-28-23-18-15-12-9-6-3/h4-36H2,1-3H3,(H,38,39).